The average Bonchev–Trinajstić information content (AvgIpc) is 2.74. The second-order valence-electron chi connectivity index (χ2n) is 4.76. The molecule has 0 amide bonds. The molecule has 102 valence electrons. The quantitative estimate of drug-likeness (QED) is 0.845. The van der Waals surface area contributed by atoms with Crippen LogP contribution in [0.15, 0.2) is 23.4 Å². The summed E-state index contributed by atoms with van der Waals surface area (Å²) >= 11 is 0. The molecule has 1 N–H and O–H groups in total. The molecule has 2 heterocycles. The molecule has 0 saturated carbocycles. The normalized spacial score (nSPS) is 17.4. The third-order valence-electron chi connectivity index (χ3n) is 3.43. The molecule has 0 fully saturated rings. The minimum atomic E-state index is -3.17. The van der Waals surface area contributed by atoms with Gasteiger partial charge in [-0.25, -0.2) is 18.4 Å². The predicted molar refractivity (Wildman–Crippen MR) is 77.2 cm³/mol. The maximum atomic E-state index is 12.0. The first-order valence-corrected chi connectivity index (χ1v) is 7.90. The van der Waals surface area contributed by atoms with Crippen LogP contribution in [0, 0.1) is 12.3 Å². The largest absolute Gasteiger partial charge is 0.356 e. The predicted octanol–water partition coefficient (Wildman–Crippen LogP) is 1.39. The summed E-state index contributed by atoms with van der Waals surface area (Å²) in [7, 11) is -3.17. The van der Waals surface area contributed by atoms with Crippen molar-refractivity contribution in [2.45, 2.75) is 24.3 Å². The van der Waals surface area contributed by atoms with Gasteiger partial charge < -0.3 is 5.32 Å². The number of nitrogens with one attached hydrogen (secondary N) is 1. The van der Waals surface area contributed by atoms with Crippen molar-refractivity contribution in [3.63, 3.8) is 0 Å². The van der Waals surface area contributed by atoms with Crippen molar-refractivity contribution in [3.8, 4) is 12.3 Å². The Morgan fingerprint density at radius 3 is 2.95 bits per heavy atom. The van der Waals surface area contributed by atoms with Crippen LogP contribution in [0.5, 0.6) is 0 Å². The maximum Gasteiger partial charge on any atom is 0.179 e. The molecule has 0 radical (unpaired) electrons. The summed E-state index contributed by atoms with van der Waals surface area (Å²) in [5.74, 6) is 3.30. The first kappa shape index (κ1) is 12.9. The molecule has 2 aromatic rings. The molecule has 3 rings (SSSR count). The van der Waals surface area contributed by atoms with Gasteiger partial charge in [-0.05, 0) is 31.0 Å². The third kappa shape index (κ3) is 1.91. The first-order valence-electron chi connectivity index (χ1n) is 6.25. The highest BCUT2D eigenvalue weighted by molar-refractivity contribution is 7.91. The van der Waals surface area contributed by atoms with Crippen LogP contribution < -0.4 is 5.32 Å². The number of aromatic nitrogens is 2. The molecular formula is C14H13N3O2S. The number of anilines is 1. The molecule has 1 unspecified atom stereocenters. The summed E-state index contributed by atoms with van der Waals surface area (Å²) in [4.78, 5) is 8.80. The summed E-state index contributed by atoms with van der Waals surface area (Å²) in [6.07, 6.45) is 7.30. The topological polar surface area (TPSA) is 72.0 Å². The van der Waals surface area contributed by atoms with Gasteiger partial charge in [0.2, 0.25) is 0 Å². The van der Waals surface area contributed by atoms with E-state index in [4.69, 9.17) is 6.42 Å². The Balaban J connectivity index is 2.29. The number of sulfone groups is 1. The van der Waals surface area contributed by atoms with Crippen LogP contribution in [0.4, 0.5) is 5.82 Å². The van der Waals surface area contributed by atoms with E-state index in [0.717, 1.165) is 16.5 Å². The lowest BCUT2D eigenvalue weighted by Gasteiger charge is -2.12. The van der Waals surface area contributed by atoms with Crippen LogP contribution in [0.25, 0.3) is 10.9 Å². The van der Waals surface area contributed by atoms with Gasteiger partial charge >= 0.3 is 0 Å². The van der Waals surface area contributed by atoms with Crippen molar-refractivity contribution in [1.82, 2.24) is 9.97 Å². The Morgan fingerprint density at radius 2 is 2.20 bits per heavy atom. The number of terminal acetylenes is 1. The number of hydrogen-bond acceptors (Lipinski definition) is 5. The van der Waals surface area contributed by atoms with Crippen LogP contribution in [-0.4, -0.2) is 30.2 Å². The van der Waals surface area contributed by atoms with Gasteiger partial charge in [-0.2, -0.15) is 0 Å². The monoisotopic (exact) mass is 287 g/mol. The van der Waals surface area contributed by atoms with Crippen molar-refractivity contribution in [3.05, 3.63) is 24.0 Å². The van der Waals surface area contributed by atoms with Crippen LogP contribution in [0.2, 0.25) is 0 Å². The Hall–Kier alpha value is -2.13. The molecule has 0 spiro atoms. The Labute approximate surface area is 117 Å². The lowest BCUT2D eigenvalue weighted by molar-refractivity contribution is 0.600. The molecule has 1 aromatic carbocycles. The molecule has 1 atom stereocenters. The Morgan fingerprint density at radius 1 is 1.40 bits per heavy atom. The highest BCUT2D eigenvalue weighted by Crippen LogP contribution is 2.34. The molecule has 5 nitrogen and oxygen atoms in total. The first-order chi connectivity index (χ1) is 9.53. The average molecular weight is 287 g/mol. The minimum Gasteiger partial charge on any atom is -0.356 e. The summed E-state index contributed by atoms with van der Waals surface area (Å²) in [6, 6.07) is 3.15. The summed E-state index contributed by atoms with van der Waals surface area (Å²) in [6.45, 7) is 1.84. The molecule has 1 aliphatic rings. The van der Waals surface area contributed by atoms with Crippen molar-refractivity contribution in [2.75, 3.05) is 11.1 Å². The highest BCUT2D eigenvalue weighted by Gasteiger charge is 2.29. The fraction of sp³-hybridized carbons (Fsp3) is 0.286. The van der Waals surface area contributed by atoms with E-state index < -0.39 is 9.84 Å². The van der Waals surface area contributed by atoms with E-state index in [1.165, 1.54) is 6.33 Å². The molecule has 20 heavy (non-hydrogen) atoms. The lowest BCUT2D eigenvalue weighted by atomic mass is 10.1. The molecule has 0 saturated heterocycles. The van der Waals surface area contributed by atoms with Crippen LogP contribution >= 0.6 is 0 Å². The lowest BCUT2D eigenvalue weighted by Crippen LogP contribution is -2.14. The van der Waals surface area contributed by atoms with Crippen LogP contribution in [0.3, 0.4) is 0 Å². The fourth-order valence-electron chi connectivity index (χ4n) is 2.44. The standard InChI is InChI=1S/C14H13N3O2S/c1-3-9(2)17-14-13-10-6-7-20(18,19)12(10)5-4-11(13)15-8-16-14/h1,4-5,8-9H,6-7H2,2H3,(H,15,16,17). The number of rotatable bonds is 2. The molecule has 1 aliphatic heterocycles. The highest BCUT2D eigenvalue weighted by atomic mass is 32.2. The number of hydrogen-bond donors (Lipinski definition) is 1. The van der Waals surface area contributed by atoms with Gasteiger partial charge in [0.05, 0.1) is 22.2 Å². The van der Waals surface area contributed by atoms with E-state index in [1.807, 2.05) is 6.92 Å². The summed E-state index contributed by atoms with van der Waals surface area (Å²) < 4.78 is 24.0. The second kappa shape index (κ2) is 4.46. The van der Waals surface area contributed by atoms with Gasteiger partial charge in [-0.3, -0.25) is 0 Å². The van der Waals surface area contributed by atoms with Crippen molar-refractivity contribution in [2.24, 2.45) is 0 Å². The van der Waals surface area contributed by atoms with Crippen molar-refractivity contribution in [1.29, 1.82) is 0 Å². The zero-order valence-corrected chi connectivity index (χ0v) is 11.7. The zero-order valence-electron chi connectivity index (χ0n) is 10.9. The van der Waals surface area contributed by atoms with Crippen molar-refractivity contribution >= 4 is 26.6 Å². The van der Waals surface area contributed by atoms with Gasteiger partial charge in [0.1, 0.15) is 12.1 Å². The summed E-state index contributed by atoms with van der Waals surface area (Å²) in [5.41, 5.74) is 1.51. The number of benzene rings is 1. The molecule has 1 aromatic heterocycles. The van der Waals surface area contributed by atoms with E-state index in [1.54, 1.807) is 12.1 Å². The summed E-state index contributed by atoms with van der Waals surface area (Å²) in [5, 5.41) is 3.87. The van der Waals surface area contributed by atoms with E-state index >= 15 is 0 Å². The van der Waals surface area contributed by atoms with Gasteiger partial charge in [0.15, 0.2) is 9.84 Å². The smallest absolute Gasteiger partial charge is 0.179 e. The Bertz CT molecular complexity index is 837. The van der Waals surface area contributed by atoms with Crippen LogP contribution in [0.1, 0.15) is 12.5 Å². The molecule has 0 aliphatic carbocycles. The van der Waals surface area contributed by atoms with E-state index in [2.05, 4.69) is 21.2 Å². The SMILES string of the molecule is C#CC(C)Nc1ncnc2ccc3c(c12)CCS3(=O)=O. The van der Waals surface area contributed by atoms with Gasteiger partial charge in [-0.1, -0.05) is 5.92 Å². The second-order valence-corrected chi connectivity index (χ2v) is 6.84. The zero-order chi connectivity index (χ0) is 14.3. The maximum absolute atomic E-state index is 12.0. The van der Waals surface area contributed by atoms with E-state index in [-0.39, 0.29) is 11.8 Å². The number of aryl methyl sites for hydroxylation is 1. The van der Waals surface area contributed by atoms with Gasteiger partial charge in [0, 0.05) is 5.39 Å². The molecule has 6 heteroatoms. The third-order valence-corrected chi connectivity index (χ3v) is 5.22. The van der Waals surface area contributed by atoms with Gasteiger partial charge in [-0.15, -0.1) is 6.42 Å². The minimum absolute atomic E-state index is 0.139. The van der Waals surface area contributed by atoms with E-state index in [0.29, 0.717) is 17.1 Å². The van der Waals surface area contributed by atoms with Gasteiger partial charge in [0.25, 0.3) is 0 Å². The van der Waals surface area contributed by atoms with E-state index in [9.17, 15) is 8.42 Å². The molecule has 0 bridgehead atoms. The molecular weight excluding hydrogens is 274 g/mol. The number of fused-ring (bicyclic) bond motifs is 3. The fourth-order valence-corrected chi connectivity index (χ4v) is 3.99. The Kier molecular flexibility index (Phi) is 2.87. The van der Waals surface area contributed by atoms with Crippen molar-refractivity contribution < 1.29 is 8.42 Å². The number of nitrogens with zero attached hydrogens (tertiary/aromatic N) is 2. The van der Waals surface area contributed by atoms with Crippen LogP contribution in [-0.2, 0) is 16.3 Å².